The van der Waals surface area contributed by atoms with Crippen molar-refractivity contribution in [3.63, 3.8) is 0 Å². The summed E-state index contributed by atoms with van der Waals surface area (Å²) in [6, 6.07) is 3.07. The highest BCUT2D eigenvalue weighted by atomic mass is 35.5. The van der Waals surface area contributed by atoms with E-state index in [1.165, 1.54) is 26.5 Å². The predicted molar refractivity (Wildman–Crippen MR) is 71.1 cm³/mol. The van der Waals surface area contributed by atoms with Crippen LogP contribution in [0.1, 0.15) is 10.4 Å². The van der Waals surface area contributed by atoms with Gasteiger partial charge in [-0.3, -0.25) is 9.89 Å². The van der Waals surface area contributed by atoms with Gasteiger partial charge in [-0.05, 0) is 12.1 Å². The highest BCUT2D eigenvalue weighted by Crippen LogP contribution is 2.36. The summed E-state index contributed by atoms with van der Waals surface area (Å²) in [5, 5.41) is 9.31. The zero-order valence-corrected chi connectivity index (χ0v) is 11.1. The number of hydrogen-bond acceptors (Lipinski definition) is 4. The average Bonchev–Trinajstić information content (AvgIpc) is 2.90. The molecular formula is C12H12ClN3O3. The van der Waals surface area contributed by atoms with Gasteiger partial charge in [-0.1, -0.05) is 11.6 Å². The molecule has 1 aromatic heterocycles. The summed E-state index contributed by atoms with van der Waals surface area (Å²) in [6.45, 7) is 0. The van der Waals surface area contributed by atoms with Gasteiger partial charge in [-0.25, -0.2) is 0 Å². The van der Waals surface area contributed by atoms with E-state index in [1.807, 2.05) is 0 Å². The molecule has 19 heavy (non-hydrogen) atoms. The van der Waals surface area contributed by atoms with Crippen molar-refractivity contribution in [3.05, 3.63) is 35.1 Å². The summed E-state index contributed by atoms with van der Waals surface area (Å²) >= 11 is 6.04. The first kappa shape index (κ1) is 13.2. The Kier molecular flexibility index (Phi) is 3.91. The van der Waals surface area contributed by atoms with Gasteiger partial charge >= 0.3 is 0 Å². The molecule has 0 radical (unpaired) electrons. The van der Waals surface area contributed by atoms with E-state index in [0.29, 0.717) is 27.8 Å². The zero-order chi connectivity index (χ0) is 13.8. The molecule has 2 aromatic rings. The minimum Gasteiger partial charge on any atom is -0.493 e. The van der Waals surface area contributed by atoms with Crippen LogP contribution in [0.5, 0.6) is 11.5 Å². The van der Waals surface area contributed by atoms with Crippen LogP contribution in [-0.2, 0) is 0 Å². The first-order chi connectivity index (χ1) is 9.15. The van der Waals surface area contributed by atoms with Gasteiger partial charge < -0.3 is 14.8 Å². The quantitative estimate of drug-likeness (QED) is 0.902. The summed E-state index contributed by atoms with van der Waals surface area (Å²) < 4.78 is 10.2. The largest absolute Gasteiger partial charge is 0.493 e. The predicted octanol–water partition coefficient (Wildman–Crippen LogP) is 2.33. The van der Waals surface area contributed by atoms with E-state index in [-0.39, 0.29) is 5.91 Å². The molecule has 0 saturated heterocycles. The van der Waals surface area contributed by atoms with Crippen LogP contribution >= 0.6 is 11.6 Å². The number of carbonyl (C=O) groups is 1. The maximum atomic E-state index is 12.0. The van der Waals surface area contributed by atoms with E-state index in [2.05, 4.69) is 15.5 Å². The van der Waals surface area contributed by atoms with E-state index in [4.69, 9.17) is 21.1 Å². The third-order valence-corrected chi connectivity index (χ3v) is 2.73. The highest BCUT2D eigenvalue weighted by Gasteiger charge is 2.15. The maximum Gasteiger partial charge on any atom is 0.255 e. The number of aromatic nitrogens is 2. The molecule has 0 unspecified atom stereocenters. The van der Waals surface area contributed by atoms with Gasteiger partial charge in [0.25, 0.3) is 5.91 Å². The van der Waals surface area contributed by atoms with Crippen LogP contribution < -0.4 is 14.8 Å². The molecule has 1 heterocycles. The van der Waals surface area contributed by atoms with Gasteiger partial charge in [0.05, 0.1) is 31.1 Å². The third-order valence-electron chi connectivity index (χ3n) is 2.45. The second kappa shape index (κ2) is 5.62. The minimum atomic E-state index is -0.316. The molecule has 0 spiro atoms. The minimum absolute atomic E-state index is 0.305. The Balaban J connectivity index is 2.29. The van der Waals surface area contributed by atoms with Crippen LogP contribution in [-0.4, -0.2) is 30.3 Å². The summed E-state index contributed by atoms with van der Waals surface area (Å²) in [5.41, 5.74) is 0.930. The Morgan fingerprint density at radius 2 is 2.16 bits per heavy atom. The summed E-state index contributed by atoms with van der Waals surface area (Å²) in [4.78, 5) is 12.0. The molecule has 7 heteroatoms. The van der Waals surface area contributed by atoms with Crippen molar-refractivity contribution in [2.24, 2.45) is 0 Å². The van der Waals surface area contributed by atoms with E-state index < -0.39 is 0 Å². The smallest absolute Gasteiger partial charge is 0.255 e. The number of halogens is 1. The first-order valence-electron chi connectivity index (χ1n) is 5.37. The Hall–Kier alpha value is -2.21. The lowest BCUT2D eigenvalue weighted by Gasteiger charge is -2.11. The molecule has 1 amide bonds. The zero-order valence-electron chi connectivity index (χ0n) is 10.4. The Morgan fingerprint density at radius 3 is 2.74 bits per heavy atom. The van der Waals surface area contributed by atoms with Crippen LogP contribution in [0.3, 0.4) is 0 Å². The summed E-state index contributed by atoms with van der Waals surface area (Å²) in [6.07, 6.45) is 3.07. The number of anilines is 1. The molecule has 6 nitrogen and oxygen atoms in total. The van der Waals surface area contributed by atoms with Crippen molar-refractivity contribution in [2.45, 2.75) is 0 Å². The van der Waals surface area contributed by atoms with Crippen molar-refractivity contribution >= 4 is 23.2 Å². The summed E-state index contributed by atoms with van der Waals surface area (Å²) in [5.74, 6) is 0.473. The molecule has 0 bridgehead atoms. The SMILES string of the molecule is COc1cc(C(=O)Nc2cn[nH]c2)cc(Cl)c1OC. The number of ether oxygens (including phenoxy) is 2. The van der Waals surface area contributed by atoms with E-state index >= 15 is 0 Å². The van der Waals surface area contributed by atoms with Gasteiger partial charge in [0.1, 0.15) is 0 Å². The highest BCUT2D eigenvalue weighted by molar-refractivity contribution is 6.32. The molecular weight excluding hydrogens is 270 g/mol. The maximum absolute atomic E-state index is 12.0. The normalized spacial score (nSPS) is 10.1. The lowest BCUT2D eigenvalue weighted by atomic mass is 10.2. The van der Waals surface area contributed by atoms with E-state index in [1.54, 1.807) is 12.3 Å². The number of rotatable bonds is 4. The standard InChI is InChI=1S/C12H12ClN3O3/c1-18-10-4-7(3-9(13)11(10)19-2)12(17)16-8-5-14-15-6-8/h3-6H,1-2H3,(H,14,15)(H,16,17). The fourth-order valence-corrected chi connectivity index (χ4v) is 1.86. The van der Waals surface area contributed by atoms with Crippen molar-refractivity contribution in [3.8, 4) is 11.5 Å². The molecule has 0 atom stereocenters. The number of hydrogen-bond donors (Lipinski definition) is 2. The van der Waals surface area contributed by atoms with E-state index in [0.717, 1.165) is 0 Å². The molecule has 2 rings (SSSR count). The number of nitrogens with zero attached hydrogens (tertiary/aromatic N) is 1. The fraction of sp³-hybridized carbons (Fsp3) is 0.167. The second-order valence-electron chi connectivity index (χ2n) is 3.63. The first-order valence-corrected chi connectivity index (χ1v) is 5.75. The van der Waals surface area contributed by atoms with E-state index in [9.17, 15) is 4.79 Å². The molecule has 0 fully saturated rings. The Morgan fingerprint density at radius 1 is 1.37 bits per heavy atom. The van der Waals surface area contributed by atoms with Crippen LogP contribution in [0.4, 0.5) is 5.69 Å². The Labute approximate surface area is 114 Å². The molecule has 100 valence electrons. The topological polar surface area (TPSA) is 76.2 Å². The molecule has 1 aromatic carbocycles. The van der Waals surface area contributed by atoms with Gasteiger partial charge in [-0.2, -0.15) is 5.10 Å². The number of benzene rings is 1. The van der Waals surface area contributed by atoms with Gasteiger partial charge in [0, 0.05) is 11.8 Å². The lowest BCUT2D eigenvalue weighted by molar-refractivity contribution is 0.102. The van der Waals surface area contributed by atoms with Crippen molar-refractivity contribution < 1.29 is 14.3 Å². The van der Waals surface area contributed by atoms with Crippen LogP contribution in [0.25, 0.3) is 0 Å². The number of carbonyl (C=O) groups excluding carboxylic acids is 1. The molecule has 0 saturated carbocycles. The van der Waals surface area contributed by atoms with Crippen molar-refractivity contribution in [2.75, 3.05) is 19.5 Å². The van der Waals surface area contributed by atoms with Crippen LogP contribution in [0.15, 0.2) is 24.5 Å². The van der Waals surface area contributed by atoms with Crippen molar-refractivity contribution in [1.82, 2.24) is 10.2 Å². The lowest BCUT2D eigenvalue weighted by Crippen LogP contribution is -2.11. The number of nitrogens with one attached hydrogen (secondary N) is 2. The average molecular weight is 282 g/mol. The number of aromatic amines is 1. The molecule has 0 aliphatic carbocycles. The van der Waals surface area contributed by atoms with Crippen LogP contribution in [0, 0.1) is 0 Å². The van der Waals surface area contributed by atoms with Gasteiger partial charge in [0.15, 0.2) is 11.5 Å². The number of H-pyrrole nitrogens is 1. The number of amides is 1. The molecule has 2 N–H and O–H groups in total. The fourth-order valence-electron chi connectivity index (χ4n) is 1.57. The van der Waals surface area contributed by atoms with Crippen molar-refractivity contribution in [1.29, 1.82) is 0 Å². The molecule has 0 aliphatic heterocycles. The second-order valence-corrected chi connectivity index (χ2v) is 4.04. The molecule has 0 aliphatic rings. The number of methoxy groups -OCH3 is 2. The monoisotopic (exact) mass is 281 g/mol. The van der Waals surface area contributed by atoms with Gasteiger partial charge in [0.2, 0.25) is 0 Å². The third kappa shape index (κ3) is 2.79. The summed E-state index contributed by atoms with van der Waals surface area (Å²) in [7, 11) is 2.96. The van der Waals surface area contributed by atoms with Gasteiger partial charge in [-0.15, -0.1) is 0 Å². The van der Waals surface area contributed by atoms with Crippen LogP contribution in [0.2, 0.25) is 5.02 Å². The Bertz CT molecular complexity index is 584.